The number of rotatable bonds is 27. The number of hydrogen-bond acceptors (Lipinski definition) is 13. The lowest BCUT2D eigenvalue weighted by atomic mass is 10.0. The Kier molecular flexibility index (Phi) is 22.9. The highest BCUT2D eigenvalue weighted by atomic mass is 16.4. The van der Waals surface area contributed by atoms with Crippen molar-refractivity contribution < 1.29 is 53.4 Å². The molecule has 3 saturated heterocycles. The average Bonchev–Trinajstić information content (AvgIpc) is 4.24. The molecule has 5 rings (SSSR count). The van der Waals surface area contributed by atoms with Gasteiger partial charge in [0.05, 0.1) is 19.2 Å². The van der Waals surface area contributed by atoms with Gasteiger partial charge in [-0.3, -0.25) is 48.3 Å². The van der Waals surface area contributed by atoms with Crippen LogP contribution in [0.2, 0.25) is 0 Å². The number of likely N-dealkylation sites (tertiary alicyclic amines) is 3. The van der Waals surface area contributed by atoms with E-state index in [4.69, 9.17) is 28.7 Å². The summed E-state index contributed by atoms with van der Waals surface area (Å²) in [5.74, 6) is -6.78. The highest BCUT2D eigenvalue weighted by molar-refractivity contribution is 5.98. The van der Waals surface area contributed by atoms with Crippen molar-refractivity contribution in [3.63, 3.8) is 0 Å². The minimum atomic E-state index is -1.58. The highest BCUT2D eigenvalue weighted by Gasteiger charge is 2.44. The second-order valence-corrected chi connectivity index (χ2v) is 19.4. The van der Waals surface area contributed by atoms with Crippen molar-refractivity contribution in [2.45, 2.75) is 125 Å². The lowest BCUT2D eigenvalue weighted by Crippen LogP contribution is -2.60. The number of nitrogens with one attached hydrogen (secondary N) is 4. The van der Waals surface area contributed by atoms with Crippen LogP contribution in [0.1, 0.15) is 75.3 Å². The number of nitrogens with two attached hydrogens (primary N) is 5. The third kappa shape index (κ3) is 17.3. The number of likely N-dealkylation sites (N-methyl/N-ethyl adjacent to an activating group) is 1. The van der Waals surface area contributed by atoms with Crippen LogP contribution < -0.4 is 49.9 Å². The van der Waals surface area contributed by atoms with Crippen molar-refractivity contribution in [2.75, 3.05) is 52.9 Å². The van der Waals surface area contributed by atoms with Gasteiger partial charge in [-0.05, 0) is 75.3 Å². The van der Waals surface area contributed by atoms with Crippen LogP contribution in [-0.2, 0) is 56.0 Å². The number of aliphatic carboxylic acids is 1. The Morgan fingerprint density at radius 1 is 0.649 bits per heavy atom. The molecule has 8 atom stereocenters. The van der Waals surface area contributed by atoms with Crippen LogP contribution in [-0.4, -0.2) is 196 Å². The summed E-state index contributed by atoms with van der Waals surface area (Å²) in [6, 6.07) is 8.16. The maximum atomic E-state index is 14.4. The van der Waals surface area contributed by atoms with E-state index in [2.05, 4.69) is 31.3 Å². The molecule has 2 aromatic carbocycles. The molecule has 0 saturated carbocycles. The van der Waals surface area contributed by atoms with Gasteiger partial charge < -0.3 is 79.7 Å². The van der Waals surface area contributed by atoms with E-state index in [-0.39, 0.29) is 69.6 Å². The predicted octanol–water partition coefficient (Wildman–Crippen LogP) is -3.65. The molecule has 0 radical (unpaired) electrons. The second kappa shape index (κ2) is 29.4. The zero-order valence-corrected chi connectivity index (χ0v) is 43.5. The van der Waals surface area contributed by atoms with Crippen molar-refractivity contribution in [2.24, 2.45) is 38.7 Å². The molecular formula is C51H75N15O11. The smallest absolute Gasteiger partial charge is 0.326 e. The first kappa shape index (κ1) is 60.0. The van der Waals surface area contributed by atoms with Crippen molar-refractivity contribution in [1.29, 1.82) is 0 Å². The van der Waals surface area contributed by atoms with Gasteiger partial charge in [-0.25, -0.2) is 4.79 Å². The van der Waals surface area contributed by atoms with E-state index in [9.17, 15) is 53.4 Å². The Morgan fingerprint density at radius 3 is 1.74 bits per heavy atom. The highest BCUT2D eigenvalue weighted by Crippen LogP contribution is 2.27. The first-order valence-electron chi connectivity index (χ1n) is 25.9. The maximum absolute atomic E-state index is 14.4. The molecule has 0 aliphatic carbocycles. The number of guanidine groups is 2. The number of amides is 8. The minimum Gasteiger partial charge on any atom is -0.480 e. The van der Waals surface area contributed by atoms with Gasteiger partial charge in [0.25, 0.3) is 0 Å². The molecule has 26 nitrogen and oxygen atoms in total. The molecule has 26 heteroatoms. The molecule has 3 aliphatic rings. The number of carboxylic acid groups (broad SMARTS) is 1. The van der Waals surface area contributed by atoms with Gasteiger partial charge in [0.2, 0.25) is 47.3 Å². The van der Waals surface area contributed by atoms with E-state index in [1.807, 2.05) is 0 Å². The van der Waals surface area contributed by atoms with Gasteiger partial charge in [0.1, 0.15) is 42.3 Å². The molecule has 2 aromatic rings. The second-order valence-electron chi connectivity index (χ2n) is 19.4. The number of carbonyl (C=O) groups excluding carboxylic acids is 8. The molecule has 0 aromatic heterocycles. The van der Waals surface area contributed by atoms with Gasteiger partial charge in [0.15, 0.2) is 11.9 Å². The van der Waals surface area contributed by atoms with Crippen LogP contribution in [0.4, 0.5) is 0 Å². The van der Waals surface area contributed by atoms with Crippen LogP contribution in [0.5, 0.6) is 0 Å². The maximum Gasteiger partial charge on any atom is 0.326 e. The topological polar surface area (TPSA) is 410 Å². The van der Waals surface area contributed by atoms with E-state index in [1.165, 1.54) is 26.6 Å². The number of nitrogens with zero attached hydrogens (tertiary/aromatic N) is 6. The summed E-state index contributed by atoms with van der Waals surface area (Å²) >= 11 is 0. The van der Waals surface area contributed by atoms with E-state index in [1.54, 1.807) is 60.7 Å². The Balaban J connectivity index is 1.23. The van der Waals surface area contributed by atoms with Crippen LogP contribution in [0.15, 0.2) is 70.6 Å². The molecule has 0 bridgehead atoms. The Hall–Kier alpha value is -7.87. The largest absolute Gasteiger partial charge is 0.480 e. The van der Waals surface area contributed by atoms with Gasteiger partial charge in [-0.2, -0.15) is 0 Å². The zero-order chi connectivity index (χ0) is 56.2. The van der Waals surface area contributed by atoms with Crippen molar-refractivity contribution >= 4 is 65.1 Å². The fraction of sp³-hybridized carbons (Fsp3) is 0.549. The lowest BCUT2D eigenvalue weighted by Gasteiger charge is -2.34. The Labute approximate surface area is 446 Å². The lowest BCUT2D eigenvalue weighted by molar-refractivity contribution is -0.149. The van der Waals surface area contributed by atoms with E-state index in [0.29, 0.717) is 69.2 Å². The minimum absolute atomic E-state index is 0.00768. The average molecular weight is 1070 g/mol. The van der Waals surface area contributed by atoms with Crippen LogP contribution in [0, 0.1) is 0 Å². The van der Waals surface area contributed by atoms with Gasteiger partial charge in [-0.15, -0.1) is 0 Å². The molecule has 77 heavy (non-hydrogen) atoms. The molecular weight excluding hydrogens is 999 g/mol. The first-order chi connectivity index (χ1) is 36.8. The monoisotopic (exact) mass is 1070 g/mol. The summed E-state index contributed by atoms with van der Waals surface area (Å²) in [7, 11) is 1.38. The summed E-state index contributed by atoms with van der Waals surface area (Å²) in [6.07, 6.45) is 3.18. The molecule has 8 amide bonds. The zero-order valence-electron chi connectivity index (χ0n) is 43.5. The third-order valence-electron chi connectivity index (χ3n) is 13.9. The van der Waals surface area contributed by atoms with Crippen molar-refractivity contribution in [3.8, 4) is 0 Å². The fourth-order valence-corrected chi connectivity index (χ4v) is 9.83. The van der Waals surface area contributed by atoms with E-state index in [0.717, 1.165) is 0 Å². The number of carbonyl (C=O) groups is 9. The number of hydrogen-bond donors (Lipinski definition) is 11. The molecule has 16 N–H and O–H groups in total. The first-order valence-corrected chi connectivity index (χ1v) is 25.9. The van der Waals surface area contributed by atoms with Crippen molar-refractivity contribution in [1.82, 2.24) is 40.9 Å². The number of benzene rings is 2. The van der Waals surface area contributed by atoms with Crippen LogP contribution in [0.25, 0.3) is 0 Å². The number of aliphatic hydroxyl groups is 1. The molecule has 3 fully saturated rings. The standard InChI is InChI=1S/C51H75N15O11/c1-63(40(28-32-15-6-3-7-16-32)44(71)61-34(49(76)77)18-9-23-58-51(55)56)47(74)38-20-11-26-66(38)46(73)36(30-67)62-42(69)35(27-31-13-4-2-5-14-31)60-41(68)29-59-43(70)37-19-10-24-64(37)48(75)39-21-12-25-65(39)45(72)33(52)17-8-22-57-50(53)54/h2-7,13-16,33-40,67H,8-12,17-30,52H2,1H3,(H,59,70)(H,60,68)(H,61,71)(H,62,69)(H,76,77)(H4,53,54,57)(H4,55,56,58)/t33-,34-,35-,36-,37-,38-,39-,40-/m0/s1. The summed E-state index contributed by atoms with van der Waals surface area (Å²) < 4.78 is 0. The van der Waals surface area contributed by atoms with Gasteiger partial charge in [0, 0.05) is 52.6 Å². The molecule has 3 aliphatic heterocycles. The van der Waals surface area contributed by atoms with E-state index >= 15 is 0 Å². The molecule has 420 valence electrons. The number of aliphatic hydroxyl groups excluding tert-OH is 1. The number of carboxylic acids is 1. The molecule has 3 heterocycles. The van der Waals surface area contributed by atoms with Gasteiger partial charge >= 0.3 is 5.97 Å². The normalized spacial score (nSPS) is 18.9. The third-order valence-corrected chi connectivity index (χ3v) is 13.9. The summed E-state index contributed by atoms with van der Waals surface area (Å²) in [5, 5.41) is 30.8. The molecule has 0 spiro atoms. The predicted molar refractivity (Wildman–Crippen MR) is 282 cm³/mol. The quantitative estimate of drug-likeness (QED) is 0.0234. The van der Waals surface area contributed by atoms with Crippen molar-refractivity contribution in [3.05, 3.63) is 71.8 Å². The number of aliphatic imine (C=N–C) groups is 2. The van der Waals surface area contributed by atoms with Crippen LogP contribution in [0.3, 0.4) is 0 Å². The summed E-state index contributed by atoms with van der Waals surface area (Å²) in [6.45, 7) is -0.431. The summed E-state index contributed by atoms with van der Waals surface area (Å²) in [4.78, 5) is 136. The van der Waals surface area contributed by atoms with E-state index < -0.39 is 109 Å². The fourth-order valence-electron chi connectivity index (χ4n) is 9.83. The molecule has 0 unspecified atom stereocenters. The Morgan fingerprint density at radius 2 is 1.17 bits per heavy atom. The summed E-state index contributed by atoms with van der Waals surface area (Å²) in [5.41, 5.74) is 29.0. The van der Waals surface area contributed by atoms with Gasteiger partial charge in [-0.1, -0.05) is 60.7 Å². The SMILES string of the molecule is CN(C(=O)[C@@H]1CCCN1C(=O)[C@H](CO)NC(=O)[C@H](Cc1ccccc1)NC(=O)CNC(=O)[C@@H]1CCCN1C(=O)[C@@H]1CCCN1C(=O)[C@@H](N)CCCN=C(N)N)[C@@H](Cc1ccccc1)C(=O)N[C@@H](CCCN=C(N)N)C(=O)O. The van der Waals surface area contributed by atoms with Crippen LogP contribution >= 0.6 is 0 Å². The Bertz CT molecular complexity index is 2440.